The van der Waals surface area contributed by atoms with E-state index in [1.54, 1.807) is 0 Å². The van der Waals surface area contributed by atoms with Crippen molar-refractivity contribution in [2.24, 2.45) is 11.7 Å². The smallest absolute Gasteiger partial charge is 0.243 e. The Kier molecular flexibility index (Phi) is 4.36. The van der Waals surface area contributed by atoms with E-state index in [1.807, 2.05) is 0 Å². The van der Waals surface area contributed by atoms with Gasteiger partial charge in [0.1, 0.15) is 17.9 Å². The summed E-state index contributed by atoms with van der Waals surface area (Å²) in [5.74, 6) is -1.36. The van der Waals surface area contributed by atoms with Gasteiger partial charge >= 0.3 is 0 Å². The predicted octanol–water partition coefficient (Wildman–Crippen LogP) is -1.01. The standard InChI is InChI=1S/C13H19N3O4/c14-12(19)11(7-2-1-3-8(17)6-7)16-13(20)9-4-5-10(18)15-9/h7,9,11H,1-6H2,(H2,14,19)(H,15,18)(H,16,20)/t7-,9-,11+/m1/s1. The Morgan fingerprint density at radius 2 is 2.00 bits per heavy atom. The quantitative estimate of drug-likeness (QED) is 0.612. The molecule has 1 aliphatic carbocycles. The SMILES string of the molecule is NC(=O)[C@@H](NC(=O)[C@H]1CCC(=O)N1)[C@@H]1CCCC(=O)C1. The van der Waals surface area contributed by atoms with Crippen molar-refractivity contribution in [1.82, 2.24) is 10.6 Å². The van der Waals surface area contributed by atoms with Crippen molar-refractivity contribution in [3.8, 4) is 0 Å². The van der Waals surface area contributed by atoms with Gasteiger partial charge in [-0.25, -0.2) is 0 Å². The molecule has 0 unspecified atom stereocenters. The third-order valence-electron chi connectivity index (χ3n) is 3.91. The van der Waals surface area contributed by atoms with Gasteiger partial charge in [0.05, 0.1) is 0 Å². The fourth-order valence-corrected chi connectivity index (χ4v) is 2.83. The number of Topliss-reactive ketones (excluding diaryl/α,β-unsaturated/α-hetero) is 1. The highest BCUT2D eigenvalue weighted by Crippen LogP contribution is 2.24. The van der Waals surface area contributed by atoms with E-state index in [1.165, 1.54) is 0 Å². The van der Waals surface area contributed by atoms with Gasteiger partial charge in [-0.3, -0.25) is 19.2 Å². The number of hydrogen-bond donors (Lipinski definition) is 3. The van der Waals surface area contributed by atoms with Crippen LogP contribution in [0, 0.1) is 5.92 Å². The minimum absolute atomic E-state index is 0.0934. The van der Waals surface area contributed by atoms with Crippen LogP contribution in [0.25, 0.3) is 0 Å². The molecular formula is C13H19N3O4. The van der Waals surface area contributed by atoms with E-state index in [0.29, 0.717) is 32.1 Å². The predicted molar refractivity (Wildman–Crippen MR) is 69.3 cm³/mol. The highest BCUT2D eigenvalue weighted by Gasteiger charge is 2.35. The molecule has 20 heavy (non-hydrogen) atoms. The summed E-state index contributed by atoms with van der Waals surface area (Å²) in [4.78, 5) is 46.1. The van der Waals surface area contributed by atoms with Gasteiger partial charge < -0.3 is 16.4 Å². The first kappa shape index (κ1) is 14.5. The molecular weight excluding hydrogens is 262 g/mol. The van der Waals surface area contributed by atoms with Crippen LogP contribution in [0.3, 0.4) is 0 Å². The summed E-state index contributed by atoms with van der Waals surface area (Å²) in [7, 11) is 0. The highest BCUT2D eigenvalue weighted by molar-refractivity contribution is 5.94. The second-order valence-corrected chi connectivity index (χ2v) is 5.44. The van der Waals surface area contributed by atoms with Crippen molar-refractivity contribution in [3.63, 3.8) is 0 Å². The monoisotopic (exact) mass is 281 g/mol. The van der Waals surface area contributed by atoms with Crippen LogP contribution in [0.2, 0.25) is 0 Å². The molecule has 7 heteroatoms. The van der Waals surface area contributed by atoms with Crippen molar-refractivity contribution in [3.05, 3.63) is 0 Å². The number of hydrogen-bond acceptors (Lipinski definition) is 4. The van der Waals surface area contributed by atoms with Crippen LogP contribution >= 0.6 is 0 Å². The molecule has 7 nitrogen and oxygen atoms in total. The minimum atomic E-state index is -0.843. The fourth-order valence-electron chi connectivity index (χ4n) is 2.83. The average molecular weight is 281 g/mol. The van der Waals surface area contributed by atoms with Crippen LogP contribution < -0.4 is 16.4 Å². The first-order valence-electron chi connectivity index (χ1n) is 6.88. The molecule has 1 heterocycles. The molecule has 110 valence electrons. The molecule has 3 atom stereocenters. The lowest BCUT2D eigenvalue weighted by Crippen LogP contribution is -2.54. The van der Waals surface area contributed by atoms with Gasteiger partial charge in [0, 0.05) is 19.3 Å². The number of ketones is 1. The summed E-state index contributed by atoms with van der Waals surface area (Å²) in [5.41, 5.74) is 5.33. The van der Waals surface area contributed by atoms with E-state index in [2.05, 4.69) is 10.6 Å². The lowest BCUT2D eigenvalue weighted by molar-refractivity contribution is -0.131. The molecule has 0 aromatic rings. The number of nitrogens with one attached hydrogen (secondary N) is 2. The molecule has 1 saturated carbocycles. The first-order valence-corrected chi connectivity index (χ1v) is 6.88. The van der Waals surface area contributed by atoms with Crippen LogP contribution in [0.4, 0.5) is 0 Å². The van der Waals surface area contributed by atoms with Crippen molar-refractivity contribution < 1.29 is 19.2 Å². The van der Waals surface area contributed by atoms with Crippen molar-refractivity contribution >= 4 is 23.5 Å². The number of carbonyl (C=O) groups excluding carboxylic acids is 4. The summed E-state index contributed by atoms with van der Waals surface area (Å²) in [5, 5.41) is 5.13. The molecule has 4 N–H and O–H groups in total. The third-order valence-corrected chi connectivity index (χ3v) is 3.91. The zero-order valence-electron chi connectivity index (χ0n) is 11.2. The average Bonchev–Trinajstić information content (AvgIpc) is 2.82. The van der Waals surface area contributed by atoms with Gasteiger partial charge in [-0.2, -0.15) is 0 Å². The maximum absolute atomic E-state index is 12.0. The zero-order valence-corrected chi connectivity index (χ0v) is 11.2. The Labute approximate surface area is 116 Å². The van der Waals surface area contributed by atoms with E-state index in [9.17, 15) is 19.2 Å². The Hall–Kier alpha value is -1.92. The van der Waals surface area contributed by atoms with Crippen molar-refractivity contribution in [2.45, 2.75) is 50.6 Å². The number of rotatable bonds is 4. The van der Waals surface area contributed by atoms with Gasteiger partial charge in [0.25, 0.3) is 0 Å². The van der Waals surface area contributed by atoms with Crippen molar-refractivity contribution in [1.29, 1.82) is 0 Å². The molecule has 2 fully saturated rings. The molecule has 2 aliphatic rings. The molecule has 0 spiro atoms. The third kappa shape index (κ3) is 3.34. The molecule has 0 aromatic carbocycles. The molecule has 0 bridgehead atoms. The minimum Gasteiger partial charge on any atom is -0.368 e. The van der Waals surface area contributed by atoms with Crippen LogP contribution in [-0.4, -0.2) is 35.6 Å². The maximum Gasteiger partial charge on any atom is 0.243 e. The first-order chi connectivity index (χ1) is 9.47. The van der Waals surface area contributed by atoms with Crippen LogP contribution in [0.15, 0.2) is 0 Å². The molecule has 3 amide bonds. The molecule has 1 saturated heterocycles. The lowest BCUT2D eigenvalue weighted by atomic mass is 9.82. The van der Waals surface area contributed by atoms with E-state index >= 15 is 0 Å². The van der Waals surface area contributed by atoms with E-state index in [0.717, 1.165) is 0 Å². The van der Waals surface area contributed by atoms with Gasteiger partial charge in [0.15, 0.2) is 0 Å². The lowest BCUT2D eigenvalue weighted by Gasteiger charge is -2.28. The number of carbonyl (C=O) groups is 4. The largest absolute Gasteiger partial charge is 0.368 e. The number of primary amides is 1. The summed E-state index contributed by atoms with van der Waals surface area (Å²) in [6, 6.07) is -1.45. The van der Waals surface area contributed by atoms with Gasteiger partial charge in [-0.05, 0) is 25.2 Å². The number of nitrogens with two attached hydrogens (primary N) is 1. The fraction of sp³-hybridized carbons (Fsp3) is 0.692. The molecule has 0 aromatic heterocycles. The summed E-state index contributed by atoms with van der Waals surface area (Å²) >= 11 is 0. The van der Waals surface area contributed by atoms with Crippen LogP contribution in [0.5, 0.6) is 0 Å². The summed E-state index contributed by atoms with van der Waals surface area (Å²) in [6.45, 7) is 0. The molecule has 1 aliphatic heterocycles. The van der Waals surface area contributed by atoms with Crippen LogP contribution in [0.1, 0.15) is 38.5 Å². The Morgan fingerprint density at radius 3 is 2.55 bits per heavy atom. The highest BCUT2D eigenvalue weighted by atomic mass is 16.2. The summed E-state index contributed by atoms with van der Waals surface area (Å²) < 4.78 is 0. The topological polar surface area (TPSA) is 118 Å². The second-order valence-electron chi connectivity index (χ2n) is 5.44. The summed E-state index contributed by atoms with van der Waals surface area (Å²) in [6.07, 6.45) is 2.92. The van der Waals surface area contributed by atoms with E-state index in [4.69, 9.17) is 5.73 Å². The van der Waals surface area contributed by atoms with Gasteiger partial charge in [-0.15, -0.1) is 0 Å². The van der Waals surface area contributed by atoms with Gasteiger partial charge in [0.2, 0.25) is 17.7 Å². The second kappa shape index (κ2) is 6.02. The van der Waals surface area contributed by atoms with Gasteiger partial charge in [-0.1, -0.05) is 0 Å². The molecule has 2 rings (SSSR count). The Balaban J connectivity index is 1.98. The van der Waals surface area contributed by atoms with Crippen molar-refractivity contribution in [2.75, 3.05) is 0 Å². The Morgan fingerprint density at radius 1 is 1.25 bits per heavy atom. The maximum atomic E-state index is 12.0. The normalized spacial score (nSPS) is 27.8. The van der Waals surface area contributed by atoms with E-state index < -0.39 is 23.9 Å². The van der Waals surface area contributed by atoms with Crippen LogP contribution in [-0.2, 0) is 19.2 Å². The molecule has 0 radical (unpaired) electrons. The number of amides is 3. The zero-order chi connectivity index (χ0) is 14.7. The Bertz CT molecular complexity index is 449. The van der Waals surface area contributed by atoms with E-state index in [-0.39, 0.29) is 24.0 Å².